The Morgan fingerprint density at radius 1 is 1.33 bits per heavy atom. The highest BCUT2D eigenvalue weighted by Crippen LogP contribution is 2.11. The molecule has 0 radical (unpaired) electrons. The van der Waals surface area contributed by atoms with E-state index in [4.69, 9.17) is 5.73 Å². The minimum absolute atomic E-state index is 0.0303. The van der Waals surface area contributed by atoms with Gasteiger partial charge in [-0.25, -0.2) is 4.79 Å². The first-order chi connectivity index (χ1) is 8.69. The van der Waals surface area contributed by atoms with Crippen LogP contribution >= 0.6 is 0 Å². The molecule has 0 spiro atoms. The van der Waals surface area contributed by atoms with E-state index >= 15 is 0 Å². The minimum Gasteiger partial charge on any atom is -0.326 e. The molecule has 3 N–H and O–H groups in total. The fraction of sp³-hybridized carbons (Fsp3) is 0.462. The van der Waals surface area contributed by atoms with Gasteiger partial charge in [0.2, 0.25) is 0 Å². The molecular weight excluding hydrogens is 228 g/mol. The quantitative estimate of drug-likeness (QED) is 0.818. The smallest absolute Gasteiger partial charge is 0.321 e. The number of hydrogen-bond acceptors (Lipinski definition) is 3. The summed E-state index contributed by atoms with van der Waals surface area (Å²) in [6.45, 7) is 3.89. The molecule has 0 atom stereocenters. The molecule has 18 heavy (non-hydrogen) atoms. The van der Waals surface area contributed by atoms with Crippen LogP contribution < -0.4 is 11.1 Å². The van der Waals surface area contributed by atoms with Gasteiger partial charge in [0.15, 0.2) is 0 Å². The Bertz CT molecular complexity index is 413. The number of nitrogens with one attached hydrogen (secondary N) is 1. The van der Waals surface area contributed by atoms with Gasteiger partial charge >= 0.3 is 6.03 Å². The van der Waals surface area contributed by atoms with Crippen LogP contribution in [-0.2, 0) is 6.54 Å². The second kappa shape index (κ2) is 5.84. The number of nitrogens with two attached hydrogens (primary N) is 1. The van der Waals surface area contributed by atoms with Gasteiger partial charge in [0.25, 0.3) is 0 Å². The Balaban J connectivity index is 1.94. The third kappa shape index (κ3) is 3.21. The van der Waals surface area contributed by atoms with Gasteiger partial charge < -0.3 is 20.9 Å². The van der Waals surface area contributed by atoms with Crippen LogP contribution in [0.3, 0.4) is 0 Å². The van der Waals surface area contributed by atoms with Crippen LogP contribution in [0.15, 0.2) is 24.3 Å². The van der Waals surface area contributed by atoms with Gasteiger partial charge in [0.1, 0.15) is 0 Å². The molecule has 0 aromatic heterocycles. The van der Waals surface area contributed by atoms with Gasteiger partial charge in [-0.15, -0.1) is 0 Å². The topological polar surface area (TPSA) is 61.6 Å². The van der Waals surface area contributed by atoms with E-state index in [2.05, 4.69) is 17.3 Å². The monoisotopic (exact) mass is 248 g/mol. The number of nitrogens with zero attached hydrogens (tertiary/aromatic N) is 2. The summed E-state index contributed by atoms with van der Waals surface area (Å²) < 4.78 is 0. The molecule has 1 aliphatic heterocycles. The van der Waals surface area contributed by atoms with Crippen molar-refractivity contribution in [1.29, 1.82) is 0 Å². The van der Waals surface area contributed by atoms with Crippen LogP contribution in [0.1, 0.15) is 5.56 Å². The molecule has 98 valence electrons. The largest absolute Gasteiger partial charge is 0.326 e. The molecule has 0 bridgehead atoms. The molecule has 1 aliphatic rings. The van der Waals surface area contributed by atoms with Crippen LogP contribution in [0.25, 0.3) is 0 Å². The number of amides is 2. The Morgan fingerprint density at radius 2 is 2.06 bits per heavy atom. The predicted octanol–water partition coefficient (Wildman–Crippen LogP) is 0.925. The van der Waals surface area contributed by atoms with Crippen LogP contribution in [0, 0.1) is 0 Å². The maximum absolute atomic E-state index is 12.0. The molecule has 2 rings (SSSR count). The molecule has 1 aromatic rings. The number of urea groups is 1. The third-order valence-electron chi connectivity index (χ3n) is 3.20. The number of rotatable bonds is 2. The number of carbonyl (C=O) groups is 1. The third-order valence-corrected chi connectivity index (χ3v) is 3.20. The van der Waals surface area contributed by atoms with E-state index in [0.717, 1.165) is 37.4 Å². The Hall–Kier alpha value is -1.59. The lowest BCUT2D eigenvalue weighted by molar-refractivity contribution is 0.164. The van der Waals surface area contributed by atoms with Crippen molar-refractivity contribution in [2.75, 3.05) is 38.5 Å². The SMILES string of the molecule is CN1CCN(C(=O)Nc2cccc(CN)c2)CC1. The second-order valence-electron chi connectivity index (χ2n) is 4.62. The highest BCUT2D eigenvalue weighted by molar-refractivity contribution is 5.89. The highest BCUT2D eigenvalue weighted by atomic mass is 16.2. The molecule has 0 aliphatic carbocycles. The summed E-state index contributed by atoms with van der Waals surface area (Å²) in [5.41, 5.74) is 7.41. The molecule has 1 aromatic carbocycles. The predicted molar refractivity (Wildman–Crippen MR) is 72.4 cm³/mol. The average molecular weight is 248 g/mol. The van der Waals surface area contributed by atoms with E-state index in [9.17, 15) is 4.79 Å². The van der Waals surface area contributed by atoms with Gasteiger partial charge in [-0.05, 0) is 24.7 Å². The summed E-state index contributed by atoms with van der Waals surface area (Å²) in [6.07, 6.45) is 0. The van der Waals surface area contributed by atoms with Crippen LogP contribution in [-0.4, -0.2) is 49.1 Å². The zero-order chi connectivity index (χ0) is 13.0. The number of benzene rings is 1. The fourth-order valence-electron chi connectivity index (χ4n) is 1.99. The van der Waals surface area contributed by atoms with Crippen molar-refractivity contribution in [3.8, 4) is 0 Å². The van der Waals surface area contributed by atoms with Crippen molar-refractivity contribution in [1.82, 2.24) is 9.80 Å². The molecule has 2 amide bonds. The lowest BCUT2D eigenvalue weighted by atomic mass is 10.2. The first kappa shape index (κ1) is 12.9. The Kier molecular flexibility index (Phi) is 4.17. The number of anilines is 1. The number of hydrogen-bond donors (Lipinski definition) is 2. The summed E-state index contributed by atoms with van der Waals surface area (Å²) in [5, 5.41) is 2.91. The molecule has 1 heterocycles. The normalized spacial score (nSPS) is 16.7. The highest BCUT2D eigenvalue weighted by Gasteiger charge is 2.18. The van der Waals surface area contributed by atoms with E-state index in [0.29, 0.717) is 6.54 Å². The lowest BCUT2D eigenvalue weighted by Crippen LogP contribution is -2.48. The summed E-state index contributed by atoms with van der Waals surface area (Å²) in [5.74, 6) is 0. The van der Waals surface area contributed by atoms with E-state index in [-0.39, 0.29) is 6.03 Å². The van der Waals surface area contributed by atoms with E-state index < -0.39 is 0 Å². The van der Waals surface area contributed by atoms with Crippen molar-refractivity contribution in [2.24, 2.45) is 5.73 Å². The van der Waals surface area contributed by atoms with Crippen molar-refractivity contribution in [3.63, 3.8) is 0 Å². The lowest BCUT2D eigenvalue weighted by Gasteiger charge is -2.32. The standard InChI is InChI=1S/C13H20N4O/c1-16-5-7-17(8-6-16)13(18)15-12-4-2-3-11(9-12)10-14/h2-4,9H,5-8,10,14H2,1H3,(H,15,18). The van der Waals surface area contributed by atoms with Gasteiger partial charge in [0.05, 0.1) is 0 Å². The first-order valence-corrected chi connectivity index (χ1v) is 6.22. The molecule has 0 saturated carbocycles. The van der Waals surface area contributed by atoms with Gasteiger partial charge in [-0.1, -0.05) is 12.1 Å². The number of piperazine rings is 1. The van der Waals surface area contributed by atoms with E-state index in [1.54, 1.807) is 0 Å². The first-order valence-electron chi connectivity index (χ1n) is 6.22. The van der Waals surface area contributed by atoms with Crippen molar-refractivity contribution in [2.45, 2.75) is 6.54 Å². The van der Waals surface area contributed by atoms with Crippen LogP contribution in [0.5, 0.6) is 0 Å². The van der Waals surface area contributed by atoms with Gasteiger partial charge in [-0.2, -0.15) is 0 Å². The molecule has 5 nitrogen and oxygen atoms in total. The maximum Gasteiger partial charge on any atom is 0.321 e. The zero-order valence-corrected chi connectivity index (χ0v) is 10.7. The number of carbonyl (C=O) groups excluding carboxylic acids is 1. The Labute approximate surface area is 108 Å². The summed E-state index contributed by atoms with van der Waals surface area (Å²) in [4.78, 5) is 16.1. The van der Waals surface area contributed by atoms with Crippen molar-refractivity contribution < 1.29 is 4.79 Å². The minimum atomic E-state index is -0.0303. The van der Waals surface area contributed by atoms with Crippen LogP contribution in [0.2, 0.25) is 0 Å². The molecular formula is C13H20N4O. The van der Waals surface area contributed by atoms with Crippen LogP contribution in [0.4, 0.5) is 10.5 Å². The van der Waals surface area contributed by atoms with E-state index in [1.165, 1.54) is 0 Å². The van der Waals surface area contributed by atoms with Crippen molar-refractivity contribution >= 4 is 11.7 Å². The van der Waals surface area contributed by atoms with E-state index in [1.807, 2.05) is 29.2 Å². The molecule has 0 unspecified atom stereocenters. The molecule has 1 fully saturated rings. The second-order valence-corrected chi connectivity index (χ2v) is 4.62. The Morgan fingerprint density at radius 3 is 2.72 bits per heavy atom. The molecule has 1 saturated heterocycles. The average Bonchev–Trinajstić information content (AvgIpc) is 2.39. The summed E-state index contributed by atoms with van der Waals surface area (Å²) >= 11 is 0. The number of likely N-dealkylation sites (N-methyl/N-ethyl adjacent to an activating group) is 1. The maximum atomic E-state index is 12.0. The zero-order valence-electron chi connectivity index (χ0n) is 10.7. The molecule has 5 heteroatoms. The van der Waals surface area contributed by atoms with Crippen molar-refractivity contribution in [3.05, 3.63) is 29.8 Å². The summed E-state index contributed by atoms with van der Waals surface area (Å²) in [7, 11) is 2.07. The van der Waals surface area contributed by atoms with Gasteiger partial charge in [0, 0.05) is 38.4 Å². The van der Waals surface area contributed by atoms with Gasteiger partial charge in [-0.3, -0.25) is 0 Å². The summed E-state index contributed by atoms with van der Waals surface area (Å²) in [6, 6.07) is 7.62. The fourth-order valence-corrected chi connectivity index (χ4v) is 1.99.